The number of thioether (sulfide) groups is 1. The molecule has 3 aromatic rings. The van der Waals surface area contributed by atoms with Gasteiger partial charge in [0.2, 0.25) is 11.0 Å². The molecule has 1 amide bonds. The first-order valence-corrected chi connectivity index (χ1v) is 9.93. The summed E-state index contributed by atoms with van der Waals surface area (Å²) in [5.74, 6) is 0.639. The van der Waals surface area contributed by atoms with E-state index in [-0.39, 0.29) is 11.2 Å². The second kappa shape index (κ2) is 8.37. The highest BCUT2D eigenvalue weighted by molar-refractivity contribution is 8.00. The van der Waals surface area contributed by atoms with Crippen molar-refractivity contribution in [1.29, 1.82) is 0 Å². The lowest BCUT2D eigenvalue weighted by molar-refractivity contribution is -0.115. The summed E-state index contributed by atoms with van der Waals surface area (Å²) in [6.45, 7) is 6.55. The van der Waals surface area contributed by atoms with Crippen molar-refractivity contribution in [2.75, 3.05) is 5.32 Å². The van der Waals surface area contributed by atoms with Crippen LogP contribution in [0.4, 0.5) is 5.13 Å². The molecule has 136 valence electrons. The standard InChI is InChI=1S/C16H19N7OS2/c1-4-12(14(24)18-15-21-19-10(3)25-15)26-16-22-20-13(23(16)5-2)11-7-6-8-17-9-11/h6-9,12H,4-5H2,1-3H3,(H,18,21,24)/t12-/m0/s1. The lowest BCUT2D eigenvalue weighted by atomic mass is 10.3. The Kier molecular flexibility index (Phi) is 5.94. The van der Waals surface area contributed by atoms with Gasteiger partial charge in [-0.15, -0.1) is 20.4 Å². The summed E-state index contributed by atoms with van der Waals surface area (Å²) in [6.07, 6.45) is 4.14. The van der Waals surface area contributed by atoms with Gasteiger partial charge in [0.05, 0.1) is 5.25 Å². The van der Waals surface area contributed by atoms with Crippen LogP contribution in [0.2, 0.25) is 0 Å². The van der Waals surface area contributed by atoms with E-state index in [1.807, 2.05) is 37.5 Å². The maximum absolute atomic E-state index is 12.6. The van der Waals surface area contributed by atoms with E-state index >= 15 is 0 Å². The van der Waals surface area contributed by atoms with Gasteiger partial charge in [-0.3, -0.25) is 15.1 Å². The molecule has 0 spiro atoms. The molecule has 10 heteroatoms. The quantitative estimate of drug-likeness (QED) is 0.620. The molecule has 1 atom stereocenters. The van der Waals surface area contributed by atoms with E-state index in [4.69, 9.17) is 0 Å². The van der Waals surface area contributed by atoms with Crippen molar-refractivity contribution in [3.05, 3.63) is 29.5 Å². The summed E-state index contributed by atoms with van der Waals surface area (Å²) in [5, 5.41) is 21.0. The molecule has 8 nitrogen and oxygen atoms in total. The molecule has 3 heterocycles. The first-order valence-electron chi connectivity index (χ1n) is 8.23. The highest BCUT2D eigenvalue weighted by atomic mass is 32.2. The third-order valence-corrected chi connectivity index (χ3v) is 5.72. The molecule has 0 saturated carbocycles. The van der Waals surface area contributed by atoms with Crippen molar-refractivity contribution in [3.63, 3.8) is 0 Å². The topological polar surface area (TPSA) is 98.5 Å². The number of anilines is 1. The number of carbonyl (C=O) groups excluding carboxylic acids is 1. The number of rotatable bonds is 7. The molecule has 0 aromatic carbocycles. The van der Waals surface area contributed by atoms with Gasteiger partial charge in [0.25, 0.3) is 0 Å². The zero-order valence-electron chi connectivity index (χ0n) is 14.7. The highest BCUT2D eigenvalue weighted by Crippen LogP contribution is 2.29. The van der Waals surface area contributed by atoms with Gasteiger partial charge >= 0.3 is 0 Å². The molecular weight excluding hydrogens is 370 g/mol. The number of carbonyl (C=O) groups is 1. The van der Waals surface area contributed by atoms with E-state index < -0.39 is 0 Å². The molecule has 3 aromatic heterocycles. The molecular formula is C16H19N7OS2. The van der Waals surface area contributed by atoms with E-state index in [1.54, 1.807) is 12.4 Å². The van der Waals surface area contributed by atoms with Crippen LogP contribution in [0.3, 0.4) is 0 Å². The summed E-state index contributed by atoms with van der Waals surface area (Å²) in [5.41, 5.74) is 0.899. The van der Waals surface area contributed by atoms with Gasteiger partial charge in [-0.2, -0.15) is 0 Å². The van der Waals surface area contributed by atoms with Crippen molar-refractivity contribution >= 4 is 34.1 Å². The normalized spacial score (nSPS) is 12.1. The van der Waals surface area contributed by atoms with Crippen LogP contribution in [0, 0.1) is 6.92 Å². The highest BCUT2D eigenvalue weighted by Gasteiger charge is 2.23. The minimum Gasteiger partial charge on any atom is -0.302 e. The third kappa shape index (κ3) is 4.07. The minimum absolute atomic E-state index is 0.109. The third-order valence-electron chi connectivity index (χ3n) is 3.62. The first-order chi connectivity index (χ1) is 12.6. The fraction of sp³-hybridized carbons (Fsp3) is 0.375. The van der Waals surface area contributed by atoms with Gasteiger partial charge in [-0.1, -0.05) is 30.0 Å². The van der Waals surface area contributed by atoms with E-state index in [0.29, 0.717) is 23.3 Å². The van der Waals surface area contributed by atoms with Crippen LogP contribution in [-0.4, -0.2) is 41.1 Å². The number of nitrogens with zero attached hydrogens (tertiary/aromatic N) is 6. The Bertz CT molecular complexity index is 878. The van der Waals surface area contributed by atoms with Gasteiger partial charge in [0.1, 0.15) is 5.01 Å². The van der Waals surface area contributed by atoms with Crippen LogP contribution in [0.1, 0.15) is 25.3 Å². The Balaban J connectivity index is 1.78. The van der Waals surface area contributed by atoms with Gasteiger partial charge < -0.3 is 4.57 Å². The van der Waals surface area contributed by atoms with E-state index in [2.05, 4.69) is 30.7 Å². The summed E-state index contributed by atoms with van der Waals surface area (Å²) in [7, 11) is 0. The van der Waals surface area contributed by atoms with Crippen molar-refractivity contribution in [3.8, 4) is 11.4 Å². The molecule has 0 unspecified atom stereocenters. The van der Waals surface area contributed by atoms with Crippen LogP contribution in [0.5, 0.6) is 0 Å². The molecule has 0 saturated heterocycles. The van der Waals surface area contributed by atoms with Gasteiger partial charge in [0.15, 0.2) is 11.0 Å². The van der Waals surface area contributed by atoms with Gasteiger partial charge in [0, 0.05) is 24.5 Å². The Morgan fingerprint density at radius 1 is 1.31 bits per heavy atom. The lowest BCUT2D eigenvalue weighted by Crippen LogP contribution is -2.25. The lowest BCUT2D eigenvalue weighted by Gasteiger charge is -2.13. The van der Waals surface area contributed by atoms with Crippen molar-refractivity contribution < 1.29 is 4.79 Å². The minimum atomic E-state index is -0.296. The number of aryl methyl sites for hydroxylation is 1. The number of hydrogen-bond donors (Lipinski definition) is 1. The number of hydrogen-bond acceptors (Lipinski definition) is 8. The number of pyridine rings is 1. The second-order valence-electron chi connectivity index (χ2n) is 5.42. The van der Waals surface area contributed by atoms with Crippen molar-refractivity contribution in [1.82, 2.24) is 29.9 Å². The van der Waals surface area contributed by atoms with Gasteiger partial charge in [-0.05, 0) is 32.4 Å². The van der Waals surface area contributed by atoms with Crippen molar-refractivity contribution in [2.45, 2.75) is 44.1 Å². The first kappa shape index (κ1) is 18.5. The molecule has 0 bridgehead atoms. The number of amides is 1. The Labute approximate surface area is 159 Å². The average molecular weight is 390 g/mol. The van der Waals surface area contributed by atoms with Crippen molar-refractivity contribution in [2.24, 2.45) is 0 Å². The Morgan fingerprint density at radius 3 is 2.77 bits per heavy atom. The number of aromatic nitrogens is 6. The Hall–Kier alpha value is -2.33. The molecule has 0 aliphatic rings. The maximum Gasteiger partial charge on any atom is 0.239 e. The summed E-state index contributed by atoms with van der Waals surface area (Å²) in [6, 6.07) is 3.81. The monoisotopic (exact) mass is 389 g/mol. The zero-order valence-corrected chi connectivity index (χ0v) is 16.3. The molecule has 0 aliphatic carbocycles. The van der Waals surface area contributed by atoms with Crippen LogP contribution >= 0.6 is 23.1 Å². The maximum atomic E-state index is 12.6. The summed E-state index contributed by atoms with van der Waals surface area (Å²) in [4.78, 5) is 16.7. The molecule has 0 radical (unpaired) electrons. The molecule has 3 rings (SSSR count). The zero-order chi connectivity index (χ0) is 18.5. The fourth-order valence-corrected chi connectivity index (χ4v) is 3.96. The molecule has 1 N–H and O–H groups in total. The fourth-order valence-electron chi connectivity index (χ4n) is 2.35. The van der Waals surface area contributed by atoms with Crippen LogP contribution in [-0.2, 0) is 11.3 Å². The predicted molar refractivity (Wildman–Crippen MR) is 102 cm³/mol. The van der Waals surface area contributed by atoms with Crippen LogP contribution in [0.25, 0.3) is 11.4 Å². The second-order valence-corrected chi connectivity index (χ2v) is 7.77. The predicted octanol–water partition coefficient (Wildman–Crippen LogP) is 3.03. The van der Waals surface area contributed by atoms with Crippen LogP contribution < -0.4 is 5.32 Å². The molecule has 0 fully saturated rings. The number of nitrogens with one attached hydrogen (secondary N) is 1. The average Bonchev–Trinajstić information content (AvgIpc) is 3.25. The summed E-state index contributed by atoms with van der Waals surface area (Å²) < 4.78 is 1.99. The van der Waals surface area contributed by atoms with E-state index in [9.17, 15) is 4.79 Å². The Morgan fingerprint density at radius 2 is 2.15 bits per heavy atom. The van der Waals surface area contributed by atoms with Crippen LogP contribution in [0.15, 0.2) is 29.7 Å². The molecule has 26 heavy (non-hydrogen) atoms. The van der Waals surface area contributed by atoms with E-state index in [0.717, 1.165) is 16.4 Å². The SMILES string of the molecule is CC[C@H](Sc1nnc(-c2cccnc2)n1CC)C(=O)Nc1nnc(C)s1. The summed E-state index contributed by atoms with van der Waals surface area (Å²) >= 11 is 2.76. The van der Waals surface area contributed by atoms with Gasteiger partial charge in [-0.25, -0.2) is 0 Å². The largest absolute Gasteiger partial charge is 0.302 e. The smallest absolute Gasteiger partial charge is 0.239 e. The van der Waals surface area contributed by atoms with E-state index in [1.165, 1.54) is 23.1 Å². The molecule has 0 aliphatic heterocycles.